The van der Waals surface area contributed by atoms with Gasteiger partial charge in [0.2, 0.25) is 0 Å². The van der Waals surface area contributed by atoms with Gasteiger partial charge in [0.1, 0.15) is 5.82 Å². The van der Waals surface area contributed by atoms with Gasteiger partial charge in [-0.25, -0.2) is 4.68 Å². The molecule has 0 spiro atoms. The van der Waals surface area contributed by atoms with E-state index in [0.29, 0.717) is 11.7 Å². The van der Waals surface area contributed by atoms with E-state index in [0.717, 1.165) is 49.6 Å². The first-order valence-electron chi connectivity index (χ1n) is 7.68. The Morgan fingerprint density at radius 2 is 2.04 bits per heavy atom. The van der Waals surface area contributed by atoms with Crippen molar-refractivity contribution < 1.29 is 13.2 Å². The normalized spacial score (nSPS) is 17.7. The third-order valence-electron chi connectivity index (χ3n) is 4.67. The standard InChI is InChI=1S/C16H15ClF3N3/c17-10-4-5-13(12(8-10)16(18,19)20)23-15-11(6-7-21-15)14(22-23)9-2-1-3-9/h4-5,8-9,21H,1-3,6-7H2. The average molecular weight is 342 g/mol. The Kier molecular flexibility index (Phi) is 3.34. The Balaban J connectivity index is 1.89. The smallest absolute Gasteiger partial charge is 0.369 e. The zero-order valence-electron chi connectivity index (χ0n) is 12.3. The lowest BCUT2D eigenvalue weighted by Gasteiger charge is -2.24. The van der Waals surface area contributed by atoms with Crippen LogP contribution in [0.3, 0.4) is 0 Å². The second-order valence-electron chi connectivity index (χ2n) is 6.09. The summed E-state index contributed by atoms with van der Waals surface area (Å²) in [5, 5.41) is 7.79. The average Bonchev–Trinajstić information content (AvgIpc) is 3.00. The number of hydrogen-bond donors (Lipinski definition) is 1. The van der Waals surface area contributed by atoms with Crippen LogP contribution in [-0.4, -0.2) is 16.3 Å². The molecule has 2 aromatic rings. The van der Waals surface area contributed by atoms with Crippen LogP contribution in [-0.2, 0) is 12.6 Å². The number of nitrogens with one attached hydrogen (secondary N) is 1. The second kappa shape index (κ2) is 5.16. The van der Waals surface area contributed by atoms with Gasteiger partial charge in [-0.3, -0.25) is 0 Å². The largest absolute Gasteiger partial charge is 0.418 e. The maximum atomic E-state index is 13.4. The lowest BCUT2D eigenvalue weighted by molar-refractivity contribution is -0.137. The SMILES string of the molecule is FC(F)(F)c1cc(Cl)ccc1-n1nc(C2CCC2)c2c1NCC2. The number of hydrogen-bond acceptors (Lipinski definition) is 2. The fraction of sp³-hybridized carbons (Fsp3) is 0.438. The molecule has 0 unspecified atom stereocenters. The zero-order valence-corrected chi connectivity index (χ0v) is 13.0. The van der Waals surface area contributed by atoms with E-state index in [1.807, 2.05) is 0 Å². The van der Waals surface area contributed by atoms with Gasteiger partial charge < -0.3 is 5.32 Å². The molecule has 1 aromatic heterocycles. The molecule has 1 fully saturated rings. The van der Waals surface area contributed by atoms with Crippen LogP contribution in [0.2, 0.25) is 5.02 Å². The number of rotatable bonds is 2. The van der Waals surface area contributed by atoms with Gasteiger partial charge >= 0.3 is 6.18 Å². The molecule has 1 aromatic carbocycles. The highest BCUT2D eigenvalue weighted by Crippen LogP contribution is 2.43. The fourth-order valence-corrected chi connectivity index (χ4v) is 3.48. The van der Waals surface area contributed by atoms with Crippen LogP contribution in [0.15, 0.2) is 18.2 Å². The molecule has 7 heteroatoms. The van der Waals surface area contributed by atoms with E-state index in [2.05, 4.69) is 10.4 Å². The van der Waals surface area contributed by atoms with E-state index >= 15 is 0 Å². The molecule has 0 atom stereocenters. The van der Waals surface area contributed by atoms with Crippen molar-refractivity contribution in [1.29, 1.82) is 0 Å². The molecule has 4 rings (SSSR count). The molecule has 1 saturated carbocycles. The number of aromatic nitrogens is 2. The molecule has 3 nitrogen and oxygen atoms in total. The molecule has 2 heterocycles. The summed E-state index contributed by atoms with van der Waals surface area (Å²) in [6.07, 6.45) is -0.370. The van der Waals surface area contributed by atoms with Gasteiger partial charge in [0, 0.05) is 23.0 Å². The Morgan fingerprint density at radius 1 is 1.26 bits per heavy atom. The summed E-state index contributed by atoms with van der Waals surface area (Å²) in [6.45, 7) is 0.738. The molecule has 0 saturated heterocycles. The van der Waals surface area contributed by atoms with E-state index in [1.165, 1.54) is 16.8 Å². The van der Waals surface area contributed by atoms with Crippen LogP contribution >= 0.6 is 11.6 Å². The summed E-state index contributed by atoms with van der Waals surface area (Å²) in [6, 6.07) is 3.82. The van der Waals surface area contributed by atoms with Gasteiger partial charge in [0.25, 0.3) is 0 Å². The van der Waals surface area contributed by atoms with Crippen molar-refractivity contribution in [2.45, 2.75) is 37.8 Å². The van der Waals surface area contributed by atoms with Crippen molar-refractivity contribution in [3.63, 3.8) is 0 Å². The molecule has 0 radical (unpaired) electrons. The van der Waals surface area contributed by atoms with Gasteiger partial charge in [-0.2, -0.15) is 18.3 Å². The molecule has 0 bridgehead atoms. The lowest BCUT2D eigenvalue weighted by atomic mass is 9.81. The maximum absolute atomic E-state index is 13.4. The van der Waals surface area contributed by atoms with Crippen molar-refractivity contribution in [2.75, 3.05) is 11.9 Å². The van der Waals surface area contributed by atoms with Crippen LogP contribution in [0.25, 0.3) is 5.69 Å². The minimum absolute atomic E-state index is 0.0260. The van der Waals surface area contributed by atoms with Gasteiger partial charge in [0.15, 0.2) is 0 Å². The highest BCUT2D eigenvalue weighted by molar-refractivity contribution is 6.30. The van der Waals surface area contributed by atoms with Crippen molar-refractivity contribution in [3.05, 3.63) is 40.0 Å². The molecule has 122 valence electrons. The first-order valence-corrected chi connectivity index (χ1v) is 8.06. The molecule has 0 amide bonds. The predicted molar refractivity (Wildman–Crippen MR) is 82.4 cm³/mol. The summed E-state index contributed by atoms with van der Waals surface area (Å²) in [4.78, 5) is 0. The number of halogens is 4. The van der Waals surface area contributed by atoms with Crippen molar-refractivity contribution in [1.82, 2.24) is 9.78 Å². The Hall–Kier alpha value is -1.69. The lowest BCUT2D eigenvalue weighted by Crippen LogP contribution is -2.15. The monoisotopic (exact) mass is 341 g/mol. The van der Waals surface area contributed by atoms with E-state index in [4.69, 9.17) is 11.6 Å². The first-order chi connectivity index (χ1) is 10.9. The van der Waals surface area contributed by atoms with Crippen LogP contribution in [0.1, 0.15) is 42.0 Å². The third kappa shape index (κ3) is 2.40. The third-order valence-corrected chi connectivity index (χ3v) is 4.90. The van der Waals surface area contributed by atoms with E-state index in [-0.39, 0.29) is 10.7 Å². The summed E-state index contributed by atoms with van der Waals surface area (Å²) >= 11 is 5.77. The molecular weight excluding hydrogens is 327 g/mol. The van der Waals surface area contributed by atoms with Crippen LogP contribution in [0.5, 0.6) is 0 Å². The highest BCUT2D eigenvalue weighted by Gasteiger charge is 2.37. The zero-order chi connectivity index (χ0) is 16.2. The second-order valence-corrected chi connectivity index (χ2v) is 6.52. The summed E-state index contributed by atoms with van der Waals surface area (Å²) in [5.41, 5.74) is 1.29. The molecule has 23 heavy (non-hydrogen) atoms. The molecule has 1 aliphatic heterocycles. The quantitative estimate of drug-likeness (QED) is 0.852. The minimum atomic E-state index is -4.48. The Morgan fingerprint density at radius 3 is 2.70 bits per heavy atom. The van der Waals surface area contributed by atoms with Crippen molar-refractivity contribution in [2.24, 2.45) is 0 Å². The van der Waals surface area contributed by atoms with Gasteiger partial charge in [-0.1, -0.05) is 18.0 Å². The van der Waals surface area contributed by atoms with E-state index in [1.54, 1.807) is 0 Å². The van der Waals surface area contributed by atoms with E-state index in [9.17, 15) is 13.2 Å². The van der Waals surface area contributed by atoms with Crippen LogP contribution in [0, 0.1) is 0 Å². The minimum Gasteiger partial charge on any atom is -0.369 e. The molecule has 1 aliphatic carbocycles. The van der Waals surface area contributed by atoms with Crippen LogP contribution < -0.4 is 5.32 Å². The summed E-state index contributed by atoms with van der Waals surface area (Å²) in [5.74, 6) is 1.08. The Bertz CT molecular complexity index is 763. The summed E-state index contributed by atoms with van der Waals surface area (Å²) in [7, 11) is 0. The number of nitrogens with zero attached hydrogens (tertiary/aromatic N) is 2. The van der Waals surface area contributed by atoms with Crippen molar-refractivity contribution in [3.8, 4) is 5.69 Å². The predicted octanol–water partition coefficient (Wildman–Crippen LogP) is 4.78. The van der Waals surface area contributed by atoms with Crippen molar-refractivity contribution >= 4 is 17.4 Å². The topological polar surface area (TPSA) is 29.9 Å². The molecule has 2 aliphatic rings. The number of anilines is 1. The summed E-state index contributed by atoms with van der Waals surface area (Å²) < 4.78 is 41.6. The maximum Gasteiger partial charge on any atom is 0.418 e. The number of benzene rings is 1. The van der Waals surface area contributed by atoms with Crippen LogP contribution in [0.4, 0.5) is 19.0 Å². The molecular formula is C16H15ClF3N3. The van der Waals surface area contributed by atoms with Gasteiger partial charge in [-0.15, -0.1) is 0 Å². The number of fused-ring (bicyclic) bond motifs is 1. The van der Waals surface area contributed by atoms with Gasteiger partial charge in [0.05, 0.1) is 16.9 Å². The number of alkyl halides is 3. The van der Waals surface area contributed by atoms with Gasteiger partial charge in [-0.05, 0) is 37.5 Å². The Labute approximate surface area is 136 Å². The fourth-order valence-electron chi connectivity index (χ4n) is 3.31. The molecule has 1 N–H and O–H groups in total. The highest BCUT2D eigenvalue weighted by atomic mass is 35.5. The van der Waals surface area contributed by atoms with E-state index < -0.39 is 11.7 Å². The first kappa shape index (κ1) is 14.9.